The second kappa shape index (κ2) is 6.20. The number of rotatable bonds is 3. The number of pyridine rings is 1. The van der Waals surface area contributed by atoms with Gasteiger partial charge in [0.1, 0.15) is 0 Å². The van der Waals surface area contributed by atoms with Crippen molar-refractivity contribution in [1.82, 2.24) is 14.8 Å². The van der Waals surface area contributed by atoms with Crippen LogP contribution < -0.4 is 5.32 Å². The van der Waals surface area contributed by atoms with Gasteiger partial charge in [-0.1, -0.05) is 18.2 Å². The van der Waals surface area contributed by atoms with E-state index >= 15 is 0 Å². The number of amides is 1. The molecule has 0 radical (unpaired) electrons. The van der Waals surface area contributed by atoms with Crippen LogP contribution in [0.5, 0.6) is 0 Å². The van der Waals surface area contributed by atoms with Crippen molar-refractivity contribution < 1.29 is 4.79 Å². The van der Waals surface area contributed by atoms with E-state index in [-0.39, 0.29) is 5.91 Å². The molecular formula is C20H16N4O. The van der Waals surface area contributed by atoms with Gasteiger partial charge >= 0.3 is 0 Å². The fraction of sp³-hybridized carbons (Fsp3) is 0.0500. The summed E-state index contributed by atoms with van der Waals surface area (Å²) in [6, 6.07) is 17.5. The summed E-state index contributed by atoms with van der Waals surface area (Å²) in [6.07, 6.45) is 5.10. The molecule has 0 aliphatic rings. The number of carbonyl (C=O) groups is 1. The maximum absolute atomic E-state index is 12.4. The number of fused-ring (bicyclic) bond motifs is 1. The summed E-state index contributed by atoms with van der Waals surface area (Å²) < 4.78 is 1.88. The van der Waals surface area contributed by atoms with Gasteiger partial charge in [-0.05, 0) is 48.9 Å². The normalized spacial score (nSPS) is 10.8. The van der Waals surface area contributed by atoms with Gasteiger partial charge in [0.15, 0.2) is 0 Å². The lowest BCUT2D eigenvalue weighted by atomic mass is 10.1. The molecule has 5 nitrogen and oxygen atoms in total. The van der Waals surface area contributed by atoms with Gasteiger partial charge in [0.25, 0.3) is 5.91 Å². The van der Waals surface area contributed by atoms with E-state index in [0.717, 1.165) is 27.8 Å². The minimum atomic E-state index is -0.164. The van der Waals surface area contributed by atoms with Crippen molar-refractivity contribution in [3.8, 4) is 5.69 Å². The largest absolute Gasteiger partial charge is 0.322 e. The highest BCUT2D eigenvalue weighted by Gasteiger charge is 2.10. The minimum absolute atomic E-state index is 0.164. The van der Waals surface area contributed by atoms with Crippen LogP contribution in [-0.4, -0.2) is 20.7 Å². The lowest BCUT2D eigenvalue weighted by Crippen LogP contribution is -2.13. The van der Waals surface area contributed by atoms with Crippen molar-refractivity contribution >= 4 is 22.5 Å². The van der Waals surface area contributed by atoms with Crippen LogP contribution in [0.3, 0.4) is 0 Å². The Morgan fingerprint density at radius 1 is 1.00 bits per heavy atom. The maximum Gasteiger partial charge on any atom is 0.257 e. The third-order valence-corrected chi connectivity index (χ3v) is 4.13. The van der Waals surface area contributed by atoms with Crippen LogP contribution in [0.25, 0.3) is 16.6 Å². The van der Waals surface area contributed by atoms with Gasteiger partial charge in [-0.15, -0.1) is 0 Å². The molecule has 0 aliphatic carbocycles. The Morgan fingerprint density at radius 3 is 2.60 bits per heavy atom. The zero-order valence-corrected chi connectivity index (χ0v) is 13.7. The molecular weight excluding hydrogens is 312 g/mol. The fourth-order valence-corrected chi connectivity index (χ4v) is 2.76. The Kier molecular flexibility index (Phi) is 3.74. The van der Waals surface area contributed by atoms with Gasteiger partial charge in [-0.25, -0.2) is 4.68 Å². The Hall–Kier alpha value is -3.47. The van der Waals surface area contributed by atoms with E-state index in [2.05, 4.69) is 15.4 Å². The lowest BCUT2D eigenvalue weighted by Gasteiger charge is -2.08. The van der Waals surface area contributed by atoms with Gasteiger partial charge in [0, 0.05) is 23.5 Å². The number of carbonyl (C=O) groups excluding carboxylic acids is 1. The minimum Gasteiger partial charge on any atom is -0.322 e. The van der Waals surface area contributed by atoms with E-state index in [0.29, 0.717) is 5.56 Å². The molecule has 2 aromatic carbocycles. The number of para-hydroxylation sites is 1. The van der Waals surface area contributed by atoms with Crippen molar-refractivity contribution in [2.75, 3.05) is 5.32 Å². The Balaban J connectivity index is 1.58. The first-order valence-electron chi connectivity index (χ1n) is 7.97. The number of nitrogens with zero attached hydrogens (tertiary/aromatic N) is 3. The molecule has 5 heteroatoms. The van der Waals surface area contributed by atoms with Crippen LogP contribution in [0, 0.1) is 6.92 Å². The van der Waals surface area contributed by atoms with E-state index in [9.17, 15) is 4.79 Å². The van der Waals surface area contributed by atoms with E-state index in [4.69, 9.17) is 0 Å². The molecule has 0 fully saturated rings. The van der Waals surface area contributed by atoms with Crippen LogP contribution in [0.1, 0.15) is 15.9 Å². The first-order valence-corrected chi connectivity index (χ1v) is 7.97. The van der Waals surface area contributed by atoms with Crippen molar-refractivity contribution in [2.45, 2.75) is 6.92 Å². The molecule has 2 aromatic heterocycles. The van der Waals surface area contributed by atoms with Crippen LogP contribution in [0.15, 0.2) is 73.2 Å². The summed E-state index contributed by atoms with van der Waals surface area (Å²) in [5, 5.41) is 8.43. The van der Waals surface area contributed by atoms with Crippen LogP contribution >= 0.6 is 0 Å². The second-order valence-corrected chi connectivity index (χ2v) is 5.81. The third kappa shape index (κ3) is 2.87. The quantitative estimate of drug-likeness (QED) is 0.619. The molecule has 0 atom stereocenters. The maximum atomic E-state index is 12.4. The second-order valence-electron chi connectivity index (χ2n) is 5.81. The highest BCUT2D eigenvalue weighted by Crippen LogP contribution is 2.20. The summed E-state index contributed by atoms with van der Waals surface area (Å²) in [7, 11) is 0. The highest BCUT2D eigenvalue weighted by molar-refractivity contribution is 6.05. The van der Waals surface area contributed by atoms with Gasteiger partial charge < -0.3 is 5.32 Å². The molecule has 1 N–H and O–H groups in total. The molecule has 0 saturated carbocycles. The number of aryl methyl sites for hydroxylation is 1. The lowest BCUT2D eigenvalue weighted by molar-refractivity contribution is 0.102. The van der Waals surface area contributed by atoms with Crippen molar-refractivity contribution in [1.29, 1.82) is 0 Å². The molecule has 0 aliphatic heterocycles. The summed E-state index contributed by atoms with van der Waals surface area (Å²) in [6.45, 7) is 1.89. The first-order chi connectivity index (χ1) is 12.2. The average molecular weight is 328 g/mol. The molecule has 1 amide bonds. The standard InChI is InChI=1S/C20H16N4O/c1-14-10-11-21-13-18(14)20(25)23-16-6-8-17(9-7-16)24-19-5-3-2-4-15(19)12-22-24/h2-13H,1H3,(H,23,25). The van der Waals surface area contributed by atoms with Gasteiger partial charge in [0.05, 0.1) is 23.0 Å². The van der Waals surface area contributed by atoms with E-state index in [1.54, 1.807) is 12.4 Å². The molecule has 0 bridgehead atoms. The van der Waals surface area contributed by atoms with E-state index in [1.807, 2.05) is 72.4 Å². The molecule has 25 heavy (non-hydrogen) atoms. The van der Waals surface area contributed by atoms with Crippen LogP contribution in [0.2, 0.25) is 0 Å². The topological polar surface area (TPSA) is 59.8 Å². The number of nitrogens with one attached hydrogen (secondary N) is 1. The van der Waals surface area contributed by atoms with Crippen LogP contribution in [-0.2, 0) is 0 Å². The Morgan fingerprint density at radius 2 is 1.80 bits per heavy atom. The van der Waals surface area contributed by atoms with Gasteiger partial charge in [-0.3, -0.25) is 9.78 Å². The van der Waals surface area contributed by atoms with E-state index in [1.165, 1.54) is 0 Å². The van der Waals surface area contributed by atoms with Crippen molar-refractivity contribution in [2.24, 2.45) is 0 Å². The van der Waals surface area contributed by atoms with Crippen molar-refractivity contribution in [3.05, 3.63) is 84.3 Å². The molecule has 0 unspecified atom stereocenters. The average Bonchev–Trinajstić information content (AvgIpc) is 3.07. The highest BCUT2D eigenvalue weighted by atomic mass is 16.1. The zero-order valence-electron chi connectivity index (χ0n) is 13.7. The Bertz CT molecular complexity index is 1050. The van der Waals surface area contributed by atoms with E-state index < -0.39 is 0 Å². The molecule has 2 heterocycles. The third-order valence-electron chi connectivity index (χ3n) is 4.13. The molecule has 0 saturated heterocycles. The predicted octanol–water partition coefficient (Wildman–Crippen LogP) is 3.98. The zero-order chi connectivity index (χ0) is 17.2. The smallest absolute Gasteiger partial charge is 0.257 e. The first kappa shape index (κ1) is 15.1. The van der Waals surface area contributed by atoms with Crippen molar-refractivity contribution in [3.63, 3.8) is 0 Å². The monoisotopic (exact) mass is 328 g/mol. The summed E-state index contributed by atoms with van der Waals surface area (Å²) in [5.41, 5.74) is 4.19. The SMILES string of the molecule is Cc1ccncc1C(=O)Nc1ccc(-n2ncc3ccccc32)cc1. The predicted molar refractivity (Wildman–Crippen MR) is 98.0 cm³/mol. The van der Waals surface area contributed by atoms with Gasteiger partial charge in [-0.2, -0.15) is 5.10 Å². The number of anilines is 1. The summed E-state index contributed by atoms with van der Waals surface area (Å²) >= 11 is 0. The molecule has 0 spiro atoms. The van der Waals surface area contributed by atoms with Crippen LogP contribution in [0.4, 0.5) is 5.69 Å². The summed E-state index contributed by atoms with van der Waals surface area (Å²) in [5.74, 6) is -0.164. The number of hydrogen-bond acceptors (Lipinski definition) is 3. The summed E-state index contributed by atoms with van der Waals surface area (Å²) in [4.78, 5) is 16.4. The number of hydrogen-bond donors (Lipinski definition) is 1. The molecule has 4 rings (SSSR count). The Labute approximate surface area is 144 Å². The number of aromatic nitrogens is 3. The number of benzene rings is 2. The molecule has 122 valence electrons. The van der Waals surface area contributed by atoms with Gasteiger partial charge in [0.2, 0.25) is 0 Å². The fourth-order valence-electron chi connectivity index (χ4n) is 2.76. The molecule has 4 aromatic rings.